The van der Waals surface area contributed by atoms with Crippen LogP contribution in [0.4, 0.5) is 0 Å². The fraction of sp³-hybridized carbons (Fsp3) is 0.500. The van der Waals surface area contributed by atoms with Gasteiger partial charge in [-0.3, -0.25) is 0 Å². The highest BCUT2D eigenvalue weighted by Crippen LogP contribution is 1.97. The third kappa shape index (κ3) is 4.26. The zero-order valence-electron chi connectivity index (χ0n) is 6.09. The summed E-state index contributed by atoms with van der Waals surface area (Å²) in [6, 6.07) is 0. The molecule has 0 saturated heterocycles. The largest absolute Gasteiger partial charge is 0.466 e. The van der Waals surface area contributed by atoms with Gasteiger partial charge in [-0.1, -0.05) is 0 Å². The summed E-state index contributed by atoms with van der Waals surface area (Å²) in [7, 11) is 1.32. The van der Waals surface area contributed by atoms with E-state index in [0.717, 1.165) is 0 Å². The predicted octanol–water partition coefficient (Wildman–Crippen LogP) is 0.365. The highest BCUT2D eigenvalue weighted by Gasteiger charge is 1.94. The number of carbonyl (C=O) groups excluding carboxylic acids is 1. The molecule has 0 aromatic heterocycles. The van der Waals surface area contributed by atoms with Crippen molar-refractivity contribution in [2.75, 3.05) is 19.1 Å². The van der Waals surface area contributed by atoms with Crippen molar-refractivity contribution in [3.05, 3.63) is 11.8 Å². The molecule has 0 aliphatic carbocycles. The average Bonchev–Trinajstić information content (AvgIpc) is 1.88. The van der Waals surface area contributed by atoms with Crippen LogP contribution in [0.5, 0.6) is 0 Å². The second-order valence-electron chi connectivity index (χ2n) is 1.68. The molecule has 0 heterocycles. The first-order valence-electron chi connectivity index (χ1n) is 2.73. The van der Waals surface area contributed by atoms with Gasteiger partial charge in [0.2, 0.25) is 0 Å². The van der Waals surface area contributed by atoms with Crippen LogP contribution in [0.3, 0.4) is 0 Å². The van der Waals surface area contributed by atoms with Gasteiger partial charge in [-0.2, -0.15) is 11.8 Å². The molecule has 10 heavy (non-hydrogen) atoms. The molecule has 4 heteroatoms. The third-order valence-electron chi connectivity index (χ3n) is 0.815. The molecule has 0 rings (SSSR count). The summed E-state index contributed by atoms with van der Waals surface area (Å²) < 4.78 is 4.36. The Balaban J connectivity index is 3.77. The van der Waals surface area contributed by atoms with E-state index < -0.39 is 5.97 Å². The van der Waals surface area contributed by atoms with Crippen molar-refractivity contribution in [1.29, 1.82) is 0 Å². The van der Waals surface area contributed by atoms with Crippen LogP contribution in [-0.2, 0) is 9.53 Å². The zero-order chi connectivity index (χ0) is 7.98. The van der Waals surface area contributed by atoms with Gasteiger partial charge >= 0.3 is 5.97 Å². The Morgan fingerprint density at radius 2 is 2.40 bits per heavy atom. The van der Waals surface area contributed by atoms with E-state index in [1.54, 1.807) is 11.8 Å². The Bertz CT molecular complexity index is 145. The first-order chi connectivity index (χ1) is 4.70. The summed E-state index contributed by atoms with van der Waals surface area (Å²) in [5, 5.41) is 0. The molecule has 0 unspecified atom stereocenters. The Labute approximate surface area is 64.6 Å². The van der Waals surface area contributed by atoms with E-state index in [4.69, 9.17) is 5.73 Å². The molecular formula is C6H11NO2S. The molecule has 0 atom stereocenters. The average molecular weight is 161 g/mol. The lowest BCUT2D eigenvalue weighted by atomic mass is 10.4. The van der Waals surface area contributed by atoms with Crippen LogP contribution in [0, 0.1) is 0 Å². The minimum Gasteiger partial charge on any atom is -0.466 e. The molecule has 0 spiro atoms. The number of hydrogen-bond acceptors (Lipinski definition) is 4. The summed E-state index contributed by atoms with van der Waals surface area (Å²) >= 11 is 1.56. The second-order valence-corrected chi connectivity index (χ2v) is 2.54. The minimum atomic E-state index is -0.397. The molecule has 0 aliphatic rings. The van der Waals surface area contributed by atoms with Crippen molar-refractivity contribution in [2.24, 2.45) is 5.73 Å². The summed E-state index contributed by atoms with van der Waals surface area (Å²) in [4.78, 5) is 10.5. The Morgan fingerprint density at radius 1 is 1.80 bits per heavy atom. The molecule has 2 N–H and O–H groups in total. The Kier molecular flexibility index (Phi) is 4.84. The number of ether oxygens (including phenoxy) is 1. The normalized spacial score (nSPS) is 11.2. The zero-order valence-corrected chi connectivity index (χ0v) is 6.90. The van der Waals surface area contributed by atoms with Crippen LogP contribution < -0.4 is 5.73 Å². The second kappa shape index (κ2) is 5.17. The van der Waals surface area contributed by atoms with Crippen LogP contribution in [0.15, 0.2) is 11.8 Å². The van der Waals surface area contributed by atoms with E-state index >= 15 is 0 Å². The number of rotatable bonds is 3. The summed E-state index contributed by atoms with van der Waals surface area (Å²) in [6.45, 7) is 0. The van der Waals surface area contributed by atoms with Crippen LogP contribution in [0.1, 0.15) is 0 Å². The number of carbonyl (C=O) groups is 1. The SMILES string of the molecule is COC(=O)/C=C(\N)CSC. The number of methoxy groups -OCH3 is 1. The highest BCUT2D eigenvalue weighted by molar-refractivity contribution is 7.98. The standard InChI is InChI=1S/C6H11NO2S/c1-9-6(8)3-5(7)4-10-2/h3H,4,7H2,1-2H3/b5-3-. The fourth-order valence-corrected chi connectivity index (χ4v) is 0.835. The van der Waals surface area contributed by atoms with Crippen molar-refractivity contribution >= 4 is 17.7 Å². The quantitative estimate of drug-likeness (QED) is 0.480. The van der Waals surface area contributed by atoms with Crippen molar-refractivity contribution in [3.8, 4) is 0 Å². The van der Waals surface area contributed by atoms with Gasteiger partial charge < -0.3 is 10.5 Å². The van der Waals surface area contributed by atoms with E-state index in [9.17, 15) is 4.79 Å². The Morgan fingerprint density at radius 3 is 2.80 bits per heavy atom. The number of nitrogens with two attached hydrogens (primary N) is 1. The predicted molar refractivity (Wildman–Crippen MR) is 42.7 cm³/mol. The summed E-state index contributed by atoms with van der Waals surface area (Å²) in [5.74, 6) is 0.265. The maximum absolute atomic E-state index is 10.5. The lowest BCUT2D eigenvalue weighted by Crippen LogP contribution is -2.05. The third-order valence-corrected chi connectivity index (χ3v) is 1.44. The fourth-order valence-electron chi connectivity index (χ4n) is 0.419. The van der Waals surface area contributed by atoms with Crippen LogP contribution in [-0.4, -0.2) is 25.1 Å². The van der Waals surface area contributed by atoms with Gasteiger partial charge in [-0.25, -0.2) is 4.79 Å². The molecule has 0 amide bonds. The van der Waals surface area contributed by atoms with Crippen LogP contribution >= 0.6 is 11.8 Å². The molecule has 0 aromatic rings. The first kappa shape index (κ1) is 9.36. The van der Waals surface area contributed by atoms with Gasteiger partial charge in [-0.05, 0) is 6.26 Å². The van der Waals surface area contributed by atoms with E-state index in [-0.39, 0.29) is 0 Å². The van der Waals surface area contributed by atoms with E-state index in [1.165, 1.54) is 13.2 Å². The number of hydrogen-bond donors (Lipinski definition) is 1. The summed E-state index contributed by atoms with van der Waals surface area (Å²) in [6.07, 6.45) is 3.20. The van der Waals surface area contributed by atoms with Gasteiger partial charge in [0.15, 0.2) is 0 Å². The van der Waals surface area contributed by atoms with Crippen LogP contribution in [0.2, 0.25) is 0 Å². The van der Waals surface area contributed by atoms with Gasteiger partial charge in [0, 0.05) is 17.5 Å². The van der Waals surface area contributed by atoms with E-state index in [2.05, 4.69) is 4.74 Å². The molecule has 0 radical (unpaired) electrons. The number of thioether (sulfide) groups is 1. The molecule has 0 aliphatic heterocycles. The smallest absolute Gasteiger partial charge is 0.332 e. The number of esters is 1. The maximum atomic E-state index is 10.5. The van der Waals surface area contributed by atoms with E-state index in [1.807, 2.05) is 6.26 Å². The Hall–Kier alpha value is -0.640. The summed E-state index contributed by atoms with van der Waals surface area (Å²) in [5.41, 5.74) is 5.94. The highest BCUT2D eigenvalue weighted by atomic mass is 32.2. The van der Waals surface area contributed by atoms with Crippen LogP contribution in [0.25, 0.3) is 0 Å². The van der Waals surface area contributed by atoms with Crippen molar-refractivity contribution in [3.63, 3.8) is 0 Å². The lowest BCUT2D eigenvalue weighted by Gasteiger charge is -1.95. The van der Waals surface area contributed by atoms with Crippen molar-refractivity contribution < 1.29 is 9.53 Å². The molecule has 3 nitrogen and oxygen atoms in total. The van der Waals surface area contributed by atoms with Gasteiger partial charge in [0.25, 0.3) is 0 Å². The molecule has 0 saturated carbocycles. The van der Waals surface area contributed by atoms with Gasteiger partial charge in [-0.15, -0.1) is 0 Å². The molecule has 0 bridgehead atoms. The molecule has 0 aromatic carbocycles. The maximum Gasteiger partial charge on any atom is 0.332 e. The van der Waals surface area contributed by atoms with E-state index in [0.29, 0.717) is 11.4 Å². The van der Waals surface area contributed by atoms with Crippen molar-refractivity contribution in [2.45, 2.75) is 0 Å². The monoisotopic (exact) mass is 161 g/mol. The topological polar surface area (TPSA) is 52.3 Å². The van der Waals surface area contributed by atoms with Gasteiger partial charge in [0.1, 0.15) is 0 Å². The lowest BCUT2D eigenvalue weighted by molar-refractivity contribution is -0.134. The van der Waals surface area contributed by atoms with Crippen molar-refractivity contribution in [1.82, 2.24) is 0 Å². The minimum absolute atomic E-state index is 0.397. The molecule has 0 fully saturated rings. The van der Waals surface area contributed by atoms with Gasteiger partial charge in [0.05, 0.1) is 7.11 Å². The first-order valence-corrected chi connectivity index (χ1v) is 4.13. The molecular weight excluding hydrogens is 150 g/mol. The molecule has 58 valence electrons.